The van der Waals surface area contributed by atoms with Crippen LogP contribution in [0.1, 0.15) is 6.92 Å². The molecule has 0 aromatic carbocycles. The Kier molecular flexibility index (Phi) is 53.0. The van der Waals surface area contributed by atoms with Crippen LogP contribution >= 0.6 is 0 Å². The van der Waals surface area contributed by atoms with E-state index in [1.165, 1.54) is 0 Å². The summed E-state index contributed by atoms with van der Waals surface area (Å²) in [6.07, 6.45) is 0. The minimum Gasteiger partial charge on any atom is -2.00 e. The van der Waals surface area contributed by atoms with Crippen LogP contribution in [-0.4, -0.2) is 5.97 Å². The summed E-state index contributed by atoms with van der Waals surface area (Å²) in [6, 6.07) is 0. The molecule has 5 heteroatoms. The molecule has 0 heterocycles. The molecule has 0 spiro atoms. The van der Waals surface area contributed by atoms with Gasteiger partial charge >= 0.3 is 49.0 Å². The van der Waals surface area contributed by atoms with E-state index in [0.717, 1.165) is 6.92 Å². The van der Waals surface area contributed by atoms with E-state index in [4.69, 9.17) is 9.90 Å². The number of aliphatic carboxylic acids is 1. The standard InChI is InChI=1S/C2H4O2.Na.S.Zn/c1-2(3)4;;;/h1H3,(H,3,4);;;/q;+1;-2;+2/p-1. The SMILES string of the molecule is CC(=O)[O-].[Na+].[S-2].[Zn+2]. The molecule has 0 atom stereocenters. The zero-order chi connectivity index (χ0) is 3.58. The van der Waals surface area contributed by atoms with Gasteiger partial charge in [-0.25, -0.2) is 0 Å². The van der Waals surface area contributed by atoms with Crippen LogP contribution in [0.25, 0.3) is 0 Å². The van der Waals surface area contributed by atoms with E-state index in [0.29, 0.717) is 0 Å². The Balaban J connectivity index is -0.0000000150. The third-order valence-electron chi connectivity index (χ3n) is 0. The molecule has 7 heavy (non-hydrogen) atoms. The maximum Gasteiger partial charge on any atom is 2.00 e. The average molecular weight is 179 g/mol. The topological polar surface area (TPSA) is 40.1 Å². The molecule has 0 radical (unpaired) electrons. The molecular formula is C2H3NaO2SZn. The first-order valence-corrected chi connectivity index (χ1v) is 0.908. The van der Waals surface area contributed by atoms with E-state index >= 15 is 0 Å². The van der Waals surface area contributed by atoms with Gasteiger partial charge in [0.15, 0.2) is 0 Å². The molecule has 0 saturated heterocycles. The van der Waals surface area contributed by atoms with E-state index < -0.39 is 5.97 Å². The number of carboxylic acids is 1. The molecule has 0 aliphatic rings. The summed E-state index contributed by atoms with van der Waals surface area (Å²) < 4.78 is 0. The van der Waals surface area contributed by atoms with Crippen molar-refractivity contribution in [1.29, 1.82) is 0 Å². The first-order chi connectivity index (χ1) is 1.73. The number of carboxylic acid groups (broad SMARTS) is 1. The second kappa shape index (κ2) is 15.7. The van der Waals surface area contributed by atoms with Gasteiger partial charge in [-0.2, -0.15) is 0 Å². The Labute approximate surface area is 84.5 Å². The molecule has 0 saturated carbocycles. The fourth-order valence-corrected chi connectivity index (χ4v) is 0. The summed E-state index contributed by atoms with van der Waals surface area (Å²) in [4.78, 5) is 8.89. The van der Waals surface area contributed by atoms with Gasteiger partial charge in [0, 0.05) is 5.97 Å². The zero-order valence-corrected chi connectivity index (χ0v) is 10.2. The van der Waals surface area contributed by atoms with Gasteiger partial charge in [-0.1, -0.05) is 0 Å². The van der Waals surface area contributed by atoms with Crippen LogP contribution in [0, 0.1) is 0 Å². The molecule has 0 unspecified atom stereocenters. The van der Waals surface area contributed by atoms with Crippen molar-refractivity contribution in [1.82, 2.24) is 0 Å². The van der Waals surface area contributed by atoms with Gasteiger partial charge in [-0.3, -0.25) is 0 Å². The predicted molar refractivity (Wildman–Crippen MR) is 18.0 cm³/mol. The van der Waals surface area contributed by atoms with Gasteiger partial charge in [0.1, 0.15) is 0 Å². The second-order valence-corrected chi connectivity index (χ2v) is 0.492. The summed E-state index contributed by atoms with van der Waals surface area (Å²) in [6.45, 7) is 0.972. The fraction of sp³-hybridized carbons (Fsp3) is 0.500. The summed E-state index contributed by atoms with van der Waals surface area (Å²) >= 11 is 0. The molecule has 0 aliphatic heterocycles. The first kappa shape index (κ1) is 23.7. The van der Waals surface area contributed by atoms with Crippen LogP contribution in [0.4, 0.5) is 0 Å². The Morgan fingerprint density at radius 1 is 1.57 bits per heavy atom. The Morgan fingerprint density at radius 3 is 1.57 bits per heavy atom. The summed E-state index contributed by atoms with van der Waals surface area (Å²) in [7, 11) is 0. The maximum absolute atomic E-state index is 8.89. The molecule has 0 fully saturated rings. The zero-order valence-electron chi connectivity index (χ0n) is 4.43. The number of hydrogen-bond donors (Lipinski definition) is 0. The average Bonchev–Trinajstić information content (AvgIpc) is 0.811. The van der Waals surface area contributed by atoms with Crippen LogP contribution < -0.4 is 34.7 Å². The molecule has 0 rings (SSSR count). The molecule has 0 amide bonds. The van der Waals surface area contributed by atoms with E-state index in [-0.39, 0.29) is 62.5 Å². The molecule has 32 valence electrons. The molecule has 0 aliphatic carbocycles. The molecule has 2 nitrogen and oxygen atoms in total. The Morgan fingerprint density at radius 2 is 1.57 bits per heavy atom. The molecule has 0 bridgehead atoms. The number of carbonyl (C=O) groups excluding carboxylic acids is 1. The van der Waals surface area contributed by atoms with Gasteiger partial charge in [0.25, 0.3) is 0 Å². The van der Waals surface area contributed by atoms with Crippen molar-refractivity contribution in [3.05, 3.63) is 0 Å². The van der Waals surface area contributed by atoms with Crippen LogP contribution in [0.15, 0.2) is 0 Å². The van der Waals surface area contributed by atoms with E-state index in [2.05, 4.69) is 0 Å². The molecular weight excluding hydrogens is 176 g/mol. The van der Waals surface area contributed by atoms with Crippen molar-refractivity contribution in [2.75, 3.05) is 0 Å². The minimum atomic E-state index is -1.08. The van der Waals surface area contributed by atoms with Crippen molar-refractivity contribution in [3.63, 3.8) is 0 Å². The van der Waals surface area contributed by atoms with Crippen molar-refractivity contribution < 1.29 is 58.9 Å². The van der Waals surface area contributed by atoms with Crippen LogP contribution in [0.2, 0.25) is 0 Å². The number of rotatable bonds is 0. The van der Waals surface area contributed by atoms with Gasteiger partial charge < -0.3 is 23.4 Å². The number of hydrogen-bond acceptors (Lipinski definition) is 2. The summed E-state index contributed by atoms with van der Waals surface area (Å²) in [5.74, 6) is -1.08. The third-order valence-corrected chi connectivity index (χ3v) is 0. The minimum absolute atomic E-state index is 0. The van der Waals surface area contributed by atoms with Crippen molar-refractivity contribution in [2.45, 2.75) is 6.92 Å². The smallest absolute Gasteiger partial charge is 2.00 e. The van der Waals surface area contributed by atoms with Gasteiger partial charge in [0.05, 0.1) is 0 Å². The van der Waals surface area contributed by atoms with E-state index in [1.807, 2.05) is 0 Å². The fourth-order valence-electron chi connectivity index (χ4n) is 0. The van der Waals surface area contributed by atoms with Gasteiger partial charge in [0.2, 0.25) is 0 Å². The van der Waals surface area contributed by atoms with Crippen LogP contribution in [0.3, 0.4) is 0 Å². The second-order valence-electron chi connectivity index (χ2n) is 0.492. The van der Waals surface area contributed by atoms with E-state index in [1.54, 1.807) is 0 Å². The van der Waals surface area contributed by atoms with Gasteiger partial charge in [-0.15, -0.1) is 0 Å². The quantitative estimate of drug-likeness (QED) is 0.354. The van der Waals surface area contributed by atoms with E-state index in [9.17, 15) is 0 Å². The summed E-state index contributed by atoms with van der Waals surface area (Å²) in [5.41, 5.74) is 0. The van der Waals surface area contributed by atoms with Gasteiger partial charge in [-0.05, 0) is 6.92 Å². The Bertz CT molecular complexity index is 38.7. The van der Waals surface area contributed by atoms with Crippen LogP contribution in [-0.2, 0) is 37.8 Å². The first-order valence-electron chi connectivity index (χ1n) is 0.908. The number of carbonyl (C=O) groups is 1. The molecule has 0 N–H and O–H groups in total. The monoisotopic (exact) mass is 178 g/mol. The third kappa shape index (κ3) is 106. The van der Waals surface area contributed by atoms with Crippen molar-refractivity contribution in [3.8, 4) is 0 Å². The van der Waals surface area contributed by atoms with Crippen molar-refractivity contribution in [2.24, 2.45) is 0 Å². The molecule has 0 aromatic rings. The largest absolute Gasteiger partial charge is 2.00 e. The normalized spacial score (nSPS) is 3.57. The predicted octanol–water partition coefficient (Wildman–Crippen LogP) is -4.24. The Hall–Kier alpha value is 1.44. The van der Waals surface area contributed by atoms with Crippen LogP contribution in [0.5, 0.6) is 0 Å². The van der Waals surface area contributed by atoms with Crippen molar-refractivity contribution >= 4 is 19.5 Å². The molecule has 0 aromatic heterocycles. The maximum atomic E-state index is 8.89. The summed E-state index contributed by atoms with van der Waals surface area (Å²) in [5, 5.41) is 8.89.